The molecule has 2 atom stereocenters. The highest BCUT2D eigenvalue weighted by Gasteiger charge is 2.24. The van der Waals surface area contributed by atoms with Crippen LogP contribution < -0.4 is 5.32 Å². The van der Waals surface area contributed by atoms with Crippen LogP contribution in [0.25, 0.3) is 72.1 Å². The summed E-state index contributed by atoms with van der Waals surface area (Å²) in [5.41, 5.74) is 23.0. The number of benzene rings is 5. The lowest BCUT2D eigenvalue weighted by atomic mass is 9.92. The zero-order chi connectivity index (χ0) is 38.9. The number of nitrogens with zero attached hydrogens (tertiary/aromatic N) is 3. The maximum atomic E-state index is 8.35. The number of rotatable bonds is 7. The minimum Gasteiger partial charge on any atom is -0.455 e. The van der Waals surface area contributed by atoms with Crippen LogP contribution in [0.15, 0.2) is 178 Å². The molecule has 2 N–H and O–H groups in total. The minimum absolute atomic E-state index is 0.473. The predicted molar refractivity (Wildman–Crippen MR) is 240 cm³/mol. The molecule has 0 aliphatic heterocycles. The Balaban J connectivity index is 1.05. The van der Waals surface area contributed by atoms with Crippen molar-refractivity contribution in [3.8, 4) is 11.4 Å². The normalized spacial score (nSPS) is 18.2. The third-order valence-electron chi connectivity index (χ3n) is 12.3. The van der Waals surface area contributed by atoms with E-state index in [1.165, 1.54) is 22.0 Å². The summed E-state index contributed by atoms with van der Waals surface area (Å²) in [5, 5.41) is 13.8. The van der Waals surface area contributed by atoms with E-state index in [0.717, 1.165) is 103 Å². The maximum Gasteiger partial charge on any atom is 0.145 e. The molecule has 0 saturated carbocycles. The number of hydrogen-bond acceptors (Lipinski definition) is 4. The maximum absolute atomic E-state index is 8.35. The summed E-state index contributed by atoms with van der Waals surface area (Å²) in [5.74, 6) is 0.948. The molecule has 8 aromatic rings. The van der Waals surface area contributed by atoms with Gasteiger partial charge >= 0.3 is 0 Å². The number of para-hydroxylation sites is 2. The van der Waals surface area contributed by atoms with Crippen molar-refractivity contribution in [2.45, 2.75) is 39.5 Å². The topological polar surface area (TPSA) is 71.2 Å². The number of nitrogens with one attached hydrogen (secondary N) is 2. The largest absolute Gasteiger partial charge is 0.455 e. The second kappa shape index (κ2) is 13.6. The van der Waals surface area contributed by atoms with Crippen LogP contribution in [-0.2, 0) is 6.42 Å². The first-order valence-corrected chi connectivity index (χ1v) is 20.5. The molecule has 0 spiro atoms. The summed E-state index contributed by atoms with van der Waals surface area (Å²) in [6, 6.07) is 37.1. The minimum atomic E-state index is 0.473. The van der Waals surface area contributed by atoms with E-state index in [-0.39, 0.29) is 0 Å². The van der Waals surface area contributed by atoms with Crippen LogP contribution in [0.1, 0.15) is 44.4 Å². The highest BCUT2D eigenvalue weighted by molar-refractivity contribution is 6.16. The van der Waals surface area contributed by atoms with E-state index in [0.29, 0.717) is 17.5 Å². The molecule has 0 radical (unpaired) electrons. The van der Waals surface area contributed by atoms with E-state index in [1.807, 2.05) is 6.07 Å². The average Bonchev–Trinajstić information content (AvgIpc) is 3.92. The third kappa shape index (κ3) is 5.47. The van der Waals surface area contributed by atoms with Gasteiger partial charge in [0.05, 0.1) is 22.2 Å². The fraction of sp³-hybridized carbons (Fsp3) is 0.154. The van der Waals surface area contributed by atoms with E-state index in [2.05, 4.69) is 179 Å². The summed E-state index contributed by atoms with van der Waals surface area (Å²) in [6.07, 6.45) is 21.7. The Bertz CT molecular complexity index is 3210. The van der Waals surface area contributed by atoms with E-state index in [1.54, 1.807) is 0 Å². The SMILES string of the molecule is CC1C=CC(/C(N=N)=C(/Nc2ccc3c(c2)c2ccccc2n3-c2cccc(-n3c4c(c5c6oc7ccccc7c6ccc53)CCC=C4)c2)C2=CCC(C)C=C2)=CC1. The van der Waals surface area contributed by atoms with Crippen molar-refractivity contribution in [3.63, 3.8) is 0 Å². The Hall–Kier alpha value is -6.92. The van der Waals surface area contributed by atoms with Gasteiger partial charge in [-0.1, -0.05) is 98.8 Å². The van der Waals surface area contributed by atoms with Crippen LogP contribution >= 0.6 is 0 Å². The first-order valence-electron chi connectivity index (χ1n) is 20.5. The van der Waals surface area contributed by atoms with E-state index < -0.39 is 0 Å². The van der Waals surface area contributed by atoms with Crippen molar-refractivity contribution < 1.29 is 4.42 Å². The molecule has 5 aromatic carbocycles. The lowest BCUT2D eigenvalue weighted by Gasteiger charge is -2.21. The van der Waals surface area contributed by atoms with Crippen LogP contribution in [0, 0.1) is 17.4 Å². The molecular formula is C52H43N5O. The van der Waals surface area contributed by atoms with Crippen molar-refractivity contribution in [2.75, 3.05) is 5.32 Å². The second-order valence-corrected chi connectivity index (χ2v) is 16.1. The van der Waals surface area contributed by atoms with E-state index >= 15 is 0 Å². The molecule has 0 amide bonds. The number of allylic oxidation sites excluding steroid dienone is 7. The smallest absolute Gasteiger partial charge is 0.145 e. The third-order valence-corrected chi connectivity index (χ3v) is 12.3. The van der Waals surface area contributed by atoms with Crippen molar-refractivity contribution in [1.29, 1.82) is 5.53 Å². The zero-order valence-electron chi connectivity index (χ0n) is 32.7. The van der Waals surface area contributed by atoms with Gasteiger partial charge in [-0.2, -0.15) is 5.11 Å². The van der Waals surface area contributed by atoms with Gasteiger partial charge in [-0.3, -0.25) is 0 Å². The zero-order valence-corrected chi connectivity index (χ0v) is 32.7. The number of aryl methyl sites for hydroxylation is 1. The molecule has 0 saturated heterocycles. The number of anilines is 1. The van der Waals surface area contributed by atoms with Crippen LogP contribution in [0.5, 0.6) is 0 Å². The molecule has 3 heterocycles. The Kier molecular flexibility index (Phi) is 8.07. The van der Waals surface area contributed by atoms with Crippen molar-refractivity contribution in [2.24, 2.45) is 17.0 Å². The molecule has 11 rings (SSSR count). The molecule has 0 fully saturated rings. The summed E-state index contributed by atoms with van der Waals surface area (Å²) >= 11 is 0. The standard InChI is InChI=1S/C52H43N5O/c1-32-18-22-34(23-19-32)50(51(55-53)35-24-20-33(2)21-25-35)54-36-26-28-46-43(30-36)39-12-3-6-15-44(39)56(46)37-10-9-11-38(31-37)57-45-16-7-4-14-42(45)49-47(57)29-27-41-40-13-5-8-17-48(40)58-52(41)49/h3,5-13,15-18,20,22-33,53-54H,4,14,19,21H2,1-2H3/b51-50-,55-53?. The Morgan fingerprint density at radius 3 is 2.21 bits per heavy atom. The second-order valence-electron chi connectivity index (χ2n) is 16.1. The summed E-state index contributed by atoms with van der Waals surface area (Å²) in [7, 11) is 0. The van der Waals surface area contributed by atoms with E-state index in [9.17, 15) is 0 Å². The van der Waals surface area contributed by atoms with Crippen LogP contribution in [0.3, 0.4) is 0 Å². The van der Waals surface area contributed by atoms with Gasteiger partial charge in [0.2, 0.25) is 0 Å². The molecule has 2 unspecified atom stereocenters. The first kappa shape index (κ1) is 34.3. The molecule has 58 heavy (non-hydrogen) atoms. The van der Waals surface area contributed by atoms with Crippen molar-refractivity contribution >= 4 is 66.4 Å². The molecule has 3 aromatic heterocycles. The monoisotopic (exact) mass is 753 g/mol. The van der Waals surface area contributed by atoms with Crippen molar-refractivity contribution in [1.82, 2.24) is 9.13 Å². The van der Waals surface area contributed by atoms with E-state index in [4.69, 9.17) is 9.95 Å². The highest BCUT2D eigenvalue weighted by atomic mass is 16.3. The fourth-order valence-electron chi connectivity index (χ4n) is 9.37. The lowest BCUT2D eigenvalue weighted by molar-refractivity contribution is 0.672. The number of furan rings is 1. The van der Waals surface area contributed by atoms with Gasteiger partial charge in [-0.15, -0.1) is 0 Å². The Morgan fingerprint density at radius 2 is 1.41 bits per heavy atom. The number of hydrogen-bond donors (Lipinski definition) is 2. The van der Waals surface area contributed by atoms with Crippen LogP contribution in [0.4, 0.5) is 5.69 Å². The fourth-order valence-corrected chi connectivity index (χ4v) is 9.37. The summed E-state index contributed by atoms with van der Waals surface area (Å²) < 4.78 is 11.4. The molecule has 6 nitrogen and oxygen atoms in total. The lowest BCUT2D eigenvalue weighted by Crippen LogP contribution is -2.09. The molecule has 0 bridgehead atoms. The van der Waals surface area contributed by atoms with Gasteiger partial charge in [0.25, 0.3) is 0 Å². The van der Waals surface area contributed by atoms with Gasteiger partial charge in [0.15, 0.2) is 0 Å². The van der Waals surface area contributed by atoms with Crippen LogP contribution in [0.2, 0.25) is 0 Å². The summed E-state index contributed by atoms with van der Waals surface area (Å²) in [6.45, 7) is 4.45. The van der Waals surface area contributed by atoms with Crippen LogP contribution in [-0.4, -0.2) is 9.13 Å². The average molecular weight is 754 g/mol. The number of fused-ring (bicyclic) bond motifs is 10. The number of aromatic nitrogens is 2. The predicted octanol–water partition coefficient (Wildman–Crippen LogP) is 14.3. The first-order chi connectivity index (χ1) is 28.5. The molecule has 3 aliphatic rings. The van der Waals surface area contributed by atoms with Gasteiger partial charge in [-0.25, -0.2) is 5.53 Å². The van der Waals surface area contributed by atoms with Gasteiger partial charge in [0.1, 0.15) is 16.9 Å². The Labute approximate surface area is 337 Å². The van der Waals surface area contributed by atoms with Gasteiger partial charge < -0.3 is 18.9 Å². The Morgan fingerprint density at radius 1 is 0.690 bits per heavy atom. The molecule has 3 aliphatic carbocycles. The van der Waals surface area contributed by atoms with Gasteiger partial charge in [0, 0.05) is 49.7 Å². The molecule has 6 heteroatoms. The van der Waals surface area contributed by atoms with Gasteiger partial charge in [-0.05, 0) is 121 Å². The quantitative estimate of drug-likeness (QED) is 0.159. The molecular weight excluding hydrogens is 711 g/mol. The van der Waals surface area contributed by atoms with Crippen molar-refractivity contribution in [3.05, 3.63) is 179 Å². The highest BCUT2D eigenvalue weighted by Crippen LogP contribution is 2.42. The molecule has 282 valence electrons. The summed E-state index contributed by atoms with van der Waals surface area (Å²) in [4.78, 5) is 0.